The molecule has 2 aliphatic rings. The summed E-state index contributed by atoms with van der Waals surface area (Å²) < 4.78 is 1.42. The maximum atomic E-state index is 3.30. The van der Waals surface area contributed by atoms with E-state index < -0.39 is 0 Å². The van der Waals surface area contributed by atoms with Crippen LogP contribution in [0, 0.1) is 12.1 Å². The molecule has 4 rings (SSSR count). The van der Waals surface area contributed by atoms with Gasteiger partial charge in [0.15, 0.2) is 0 Å². The second-order valence-electron chi connectivity index (χ2n) is 5.86. The zero-order chi connectivity index (χ0) is 16.7. The fourth-order valence-corrected chi connectivity index (χ4v) is 2.51. The first-order valence-electron chi connectivity index (χ1n) is 7.91. The van der Waals surface area contributed by atoms with Gasteiger partial charge in [-0.2, -0.15) is 35.9 Å². The van der Waals surface area contributed by atoms with Gasteiger partial charge < -0.3 is 24.8 Å². The molecule has 0 spiro atoms. The summed E-state index contributed by atoms with van der Waals surface area (Å²) in [5, 5.41) is 0. The quantitative estimate of drug-likeness (QED) is 0.350. The SMILES string of the molecule is CC1=[C-]CC=C1.C[C](C)=[Ti+2].[Cl-].[Cl-].[c-]1cccc2c1Cc1ccccc1-2. The average Bonchev–Trinajstić information content (AvgIpc) is 3.13. The Morgan fingerprint density at radius 3 is 2.20 bits per heavy atom. The summed E-state index contributed by atoms with van der Waals surface area (Å²) in [7, 11) is 0. The number of hydrogen-bond acceptors (Lipinski definition) is 0. The monoisotopic (exact) mass is 404 g/mol. The standard InChI is InChI=1S/C13H9.C6H7.C3H6.2ClH.Ti/c1-3-7-12-10(5-1)9-11-6-2-4-8-13(11)12;1-6-4-2-3-5-6;1-3-2;;;/h1-5,7-8H,9H2;2,4H,3H2,1H3;1-2H3;2*1H;/q2*-1;;;;+2/p-2. The first-order chi connectivity index (χ1) is 11.1. The third kappa shape index (κ3) is 7.88. The molecule has 0 N–H and O–H groups in total. The van der Waals surface area contributed by atoms with Crippen LogP contribution in [0.15, 0.2) is 60.2 Å². The van der Waals surface area contributed by atoms with Crippen molar-refractivity contribution in [1.82, 2.24) is 0 Å². The molecule has 0 unspecified atom stereocenters. The first kappa shape index (κ1) is 24.1. The van der Waals surface area contributed by atoms with Gasteiger partial charge in [0.2, 0.25) is 0 Å². The molecule has 0 heterocycles. The molecule has 2 aromatic carbocycles. The van der Waals surface area contributed by atoms with Gasteiger partial charge in [0.05, 0.1) is 0 Å². The van der Waals surface area contributed by atoms with Crippen LogP contribution in [0.5, 0.6) is 0 Å². The number of allylic oxidation sites excluding steroid dienone is 4. The molecule has 0 fully saturated rings. The van der Waals surface area contributed by atoms with E-state index in [0.29, 0.717) is 0 Å². The van der Waals surface area contributed by atoms with Crippen molar-refractivity contribution in [1.29, 1.82) is 0 Å². The largest absolute Gasteiger partial charge is 1.00 e. The molecule has 2 aliphatic carbocycles. The maximum Gasteiger partial charge on any atom is -0.0253 e. The number of hydrogen-bond donors (Lipinski definition) is 0. The number of rotatable bonds is 0. The Balaban J connectivity index is 0.000000410. The molecule has 0 saturated carbocycles. The van der Waals surface area contributed by atoms with Crippen molar-refractivity contribution >= 4 is 3.81 Å². The first-order valence-corrected chi connectivity index (χ1v) is 8.69. The minimum atomic E-state index is 0. The summed E-state index contributed by atoms with van der Waals surface area (Å²) in [6.45, 7) is 6.23. The minimum Gasteiger partial charge on any atom is -1.00 e. The third-order valence-corrected chi connectivity index (χ3v) is 3.48. The smallest absolute Gasteiger partial charge is 0.0253 e. The van der Waals surface area contributed by atoms with Crippen LogP contribution in [-0.2, 0) is 26.4 Å². The van der Waals surface area contributed by atoms with Crippen LogP contribution in [0.1, 0.15) is 38.3 Å². The molecule has 25 heavy (non-hydrogen) atoms. The second kappa shape index (κ2) is 12.4. The van der Waals surface area contributed by atoms with E-state index in [1.165, 1.54) is 31.6 Å². The maximum absolute atomic E-state index is 3.30. The molecule has 0 aliphatic heterocycles. The van der Waals surface area contributed by atoms with Crippen molar-refractivity contribution in [3.05, 3.63) is 83.5 Å². The van der Waals surface area contributed by atoms with Gasteiger partial charge in [0.1, 0.15) is 0 Å². The Hall–Kier alpha value is -0.916. The van der Waals surface area contributed by atoms with Gasteiger partial charge in [-0.25, -0.2) is 11.6 Å². The van der Waals surface area contributed by atoms with E-state index in [2.05, 4.69) is 101 Å². The van der Waals surface area contributed by atoms with E-state index in [4.69, 9.17) is 0 Å². The van der Waals surface area contributed by atoms with Crippen molar-refractivity contribution in [2.45, 2.75) is 33.6 Å². The normalized spacial score (nSPS) is 12.0. The van der Waals surface area contributed by atoms with Crippen LogP contribution >= 0.6 is 0 Å². The van der Waals surface area contributed by atoms with E-state index in [0.717, 1.165) is 12.8 Å². The molecule has 0 bridgehead atoms. The van der Waals surface area contributed by atoms with E-state index in [1.807, 2.05) is 6.07 Å². The van der Waals surface area contributed by atoms with Gasteiger partial charge >= 0.3 is 37.6 Å². The fourth-order valence-electron chi connectivity index (χ4n) is 2.51. The zero-order valence-electron chi connectivity index (χ0n) is 14.9. The van der Waals surface area contributed by atoms with Gasteiger partial charge in [-0.1, -0.05) is 42.3 Å². The van der Waals surface area contributed by atoms with Crippen LogP contribution in [0.25, 0.3) is 11.1 Å². The molecule has 0 amide bonds. The minimum absolute atomic E-state index is 0. The summed E-state index contributed by atoms with van der Waals surface area (Å²) in [5.74, 6) is 0. The summed E-state index contributed by atoms with van der Waals surface area (Å²) in [4.78, 5) is 0. The number of halogens is 2. The van der Waals surface area contributed by atoms with Gasteiger partial charge in [0.25, 0.3) is 0 Å². The predicted octanol–water partition coefficient (Wildman–Crippen LogP) is -0.493. The molecule has 2 aromatic rings. The fraction of sp³-hybridized carbons (Fsp3) is 0.227. The molecule has 0 aromatic heterocycles. The number of fused-ring (bicyclic) bond motifs is 3. The van der Waals surface area contributed by atoms with Crippen molar-refractivity contribution in [2.75, 3.05) is 0 Å². The van der Waals surface area contributed by atoms with Crippen LogP contribution in [0.4, 0.5) is 0 Å². The molecule has 0 saturated heterocycles. The third-order valence-electron chi connectivity index (χ3n) is 3.48. The number of benzene rings is 2. The Bertz CT molecular complexity index is 695. The molecule has 0 atom stereocenters. The van der Waals surface area contributed by atoms with E-state index in [9.17, 15) is 0 Å². The molecule has 0 nitrogen and oxygen atoms in total. The summed E-state index contributed by atoms with van der Waals surface area (Å²) in [5.41, 5.74) is 6.78. The van der Waals surface area contributed by atoms with Crippen molar-refractivity contribution in [2.24, 2.45) is 0 Å². The second-order valence-corrected chi connectivity index (χ2v) is 7.42. The van der Waals surface area contributed by atoms with E-state index >= 15 is 0 Å². The van der Waals surface area contributed by atoms with Crippen LogP contribution < -0.4 is 24.8 Å². The predicted molar refractivity (Wildman–Crippen MR) is 96.1 cm³/mol. The summed E-state index contributed by atoms with van der Waals surface area (Å²) >= 11 is 2.08. The molecule has 130 valence electrons. The Morgan fingerprint density at radius 1 is 1.00 bits per heavy atom. The topological polar surface area (TPSA) is 0 Å². The van der Waals surface area contributed by atoms with Crippen molar-refractivity contribution < 1.29 is 44.8 Å². The Kier molecular flexibility index (Phi) is 12.0. The average molecular weight is 405 g/mol. The van der Waals surface area contributed by atoms with Gasteiger partial charge in [0, 0.05) is 0 Å². The molecular weight excluding hydrogens is 383 g/mol. The Morgan fingerprint density at radius 2 is 1.64 bits per heavy atom. The van der Waals surface area contributed by atoms with Crippen LogP contribution in [-0.4, -0.2) is 3.81 Å². The van der Waals surface area contributed by atoms with Crippen LogP contribution in [0.2, 0.25) is 0 Å². The van der Waals surface area contributed by atoms with E-state index in [-0.39, 0.29) is 24.8 Å². The Labute approximate surface area is 176 Å². The van der Waals surface area contributed by atoms with Crippen molar-refractivity contribution in [3.8, 4) is 11.1 Å². The van der Waals surface area contributed by atoms with Gasteiger partial charge in [-0.3, -0.25) is 6.08 Å². The van der Waals surface area contributed by atoms with Gasteiger partial charge in [-0.05, 0) is 6.42 Å². The summed E-state index contributed by atoms with van der Waals surface area (Å²) in [6, 6.07) is 18.1. The van der Waals surface area contributed by atoms with Crippen molar-refractivity contribution in [3.63, 3.8) is 0 Å². The molecule has 3 heteroatoms. The molecule has 0 radical (unpaired) electrons. The summed E-state index contributed by atoms with van der Waals surface area (Å²) in [6.07, 6.45) is 9.38. The van der Waals surface area contributed by atoms with E-state index in [1.54, 1.807) is 0 Å². The van der Waals surface area contributed by atoms with Crippen LogP contribution in [0.3, 0.4) is 0 Å². The van der Waals surface area contributed by atoms with Gasteiger partial charge in [-0.15, -0.1) is 12.0 Å². The zero-order valence-corrected chi connectivity index (χ0v) is 17.9. The molecular formula is C22H22Cl2Ti-2.